The van der Waals surface area contributed by atoms with E-state index in [0.717, 1.165) is 0 Å². The Morgan fingerprint density at radius 2 is 2.05 bits per heavy atom. The van der Waals surface area contributed by atoms with Gasteiger partial charge < -0.3 is 5.32 Å². The van der Waals surface area contributed by atoms with Crippen LogP contribution in [-0.2, 0) is 19.9 Å². The lowest BCUT2D eigenvalue weighted by Gasteiger charge is -2.10. The van der Waals surface area contributed by atoms with Crippen LogP contribution < -0.4 is 5.32 Å². The van der Waals surface area contributed by atoms with Gasteiger partial charge in [0.25, 0.3) is 15.0 Å². The zero-order valence-electron chi connectivity index (χ0n) is 11.5. The van der Waals surface area contributed by atoms with Crippen molar-refractivity contribution in [3.63, 3.8) is 0 Å². The molecule has 1 rings (SSSR count). The maximum atomic E-state index is 12.1. The number of hydrogen-bond acceptors (Lipinski definition) is 4. The molecule has 0 saturated heterocycles. The molecule has 1 unspecified atom stereocenters. The number of rotatable bonds is 6. The van der Waals surface area contributed by atoms with Crippen LogP contribution >= 0.6 is 26.6 Å². The van der Waals surface area contributed by atoms with E-state index in [0.29, 0.717) is 28.8 Å². The zero-order valence-corrected chi connectivity index (χ0v) is 15.5. The van der Waals surface area contributed by atoms with E-state index in [4.69, 9.17) is 10.7 Å². The van der Waals surface area contributed by atoms with Crippen LogP contribution in [0.5, 0.6) is 0 Å². The van der Waals surface area contributed by atoms with Gasteiger partial charge in [0.05, 0.1) is 4.90 Å². The molecule has 1 amide bonds. The van der Waals surface area contributed by atoms with E-state index in [9.17, 15) is 17.4 Å². The number of hydrogen-bond donors (Lipinski definition) is 1. The summed E-state index contributed by atoms with van der Waals surface area (Å²) in [5.74, 6) is 0.108. The van der Waals surface area contributed by atoms with Crippen molar-refractivity contribution in [2.24, 2.45) is 0 Å². The normalized spacial score (nSPS) is 13.0. The first kappa shape index (κ1) is 18.6. The van der Waals surface area contributed by atoms with Crippen molar-refractivity contribution in [2.45, 2.75) is 18.2 Å². The number of carbonyl (C=O) groups excluding carboxylic acids is 1. The van der Waals surface area contributed by atoms with E-state index in [1.807, 2.05) is 0 Å². The fourth-order valence-electron chi connectivity index (χ4n) is 1.60. The molecule has 21 heavy (non-hydrogen) atoms. The van der Waals surface area contributed by atoms with Gasteiger partial charge in [-0.05, 0) is 31.0 Å². The van der Waals surface area contributed by atoms with Gasteiger partial charge in [0.1, 0.15) is 0 Å². The van der Waals surface area contributed by atoms with E-state index in [2.05, 4.69) is 21.2 Å². The van der Waals surface area contributed by atoms with E-state index in [1.54, 1.807) is 13.2 Å². The van der Waals surface area contributed by atoms with Crippen LogP contribution in [0.2, 0.25) is 0 Å². The van der Waals surface area contributed by atoms with Gasteiger partial charge in [-0.15, -0.1) is 0 Å². The Morgan fingerprint density at radius 1 is 1.43 bits per heavy atom. The molecule has 0 aromatic heterocycles. The smallest absolute Gasteiger partial charge is 0.261 e. The molecule has 1 aromatic rings. The van der Waals surface area contributed by atoms with Crippen LogP contribution in [0.1, 0.15) is 22.3 Å². The average Bonchev–Trinajstić information content (AvgIpc) is 2.35. The number of halogens is 2. The third-order valence-corrected chi connectivity index (χ3v) is 5.76. The number of amides is 1. The van der Waals surface area contributed by atoms with E-state index >= 15 is 0 Å². The summed E-state index contributed by atoms with van der Waals surface area (Å²) in [6.45, 7) is 2.07. The molecule has 1 aromatic carbocycles. The average molecular weight is 417 g/mol. The molecule has 1 atom stereocenters. The lowest BCUT2D eigenvalue weighted by Crippen LogP contribution is -2.26. The Morgan fingerprint density at radius 3 is 2.57 bits per heavy atom. The molecule has 0 spiro atoms. The Kier molecular flexibility index (Phi) is 6.83. The molecule has 0 aliphatic heterocycles. The topological polar surface area (TPSA) is 80.3 Å². The predicted octanol–water partition coefficient (Wildman–Crippen LogP) is 2.18. The van der Waals surface area contributed by atoms with Gasteiger partial charge in [0.2, 0.25) is 0 Å². The lowest BCUT2D eigenvalue weighted by atomic mass is 10.1. The summed E-state index contributed by atoms with van der Waals surface area (Å²) in [7, 11) is 0.491. The summed E-state index contributed by atoms with van der Waals surface area (Å²) in [5.41, 5.74) is 0.858. The molecular weight excluding hydrogens is 402 g/mol. The van der Waals surface area contributed by atoms with Crippen molar-refractivity contribution in [2.75, 3.05) is 18.6 Å². The van der Waals surface area contributed by atoms with Gasteiger partial charge in [-0.25, -0.2) is 8.42 Å². The molecular formula is C12H15BrClNO4S2. The van der Waals surface area contributed by atoms with Crippen molar-refractivity contribution in [1.29, 1.82) is 0 Å². The summed E-state index contributed by atoms with van der Waals surface area (Å²) in [6, 6.07) is 2.60. The van der Waals surface area contributed by atoms with Crippen molar-refractivity contribution in [3.8, 4) is 0 Å². The number of nitrogens with one attached hydrogen (secondary N) is 1. The molecule has 0 radical (unpaired) electrons. The lowest BCUT2D eigenvalue weighted by molar-refractivity contribution is 0.0953. The minimum Gasteiger partial charge on any atom is -0.352 e. The Hall–Kier alpha value is -0.440. The van der Waals surface area contributed by atoms with Crippen molar-refractivity contribution >= 4 is 52.4 Å². The van der Waals surface area contributed by atoms with E-state index in [1.165, 1.54) is 12.1 Å². The van der Waals surface area contributed by atoms with Crippen LogP contribution in [0.25, 0.3) is 0 Å². The summed E-state index contributed by atoms with van der Waals surface area (Å²) in [6.07, 6.45) is 2.18. The highest BCUT2D eigenvalue weighted by Crippen LogP contribution is 2.26. The molecule has 1 N–H and O–H groups in total. The highest BCUT2D eigenvalue weighted by molar-refractivity contribution is 9.10. The minimum atomic E-state index is -3.91. The number of carbonyl (C=O) groups is 1. The fraction of sp³-hybridized carbons (Fsp3) is 0.417. The van der Waals surface area contributed by atoms with Gasteiger partial charge in [-0.1, -0.05) is 15.9 Å². The molecule has 0 aliphatic rings. The van der Waals surface area contributed by atoms with Gasteiger partial charge in [-0.2, -0.15) is 0 Å². The molecule has 5 nitrogen and oxygen atoms in total. The third-order valence-electron chi connectivity index (χ3n) is 2.74. The predicted molar refractivity (Wildman–Crippen MR) is 87.8 cm³/mol. The largest absolute Gasteiger partial charge is 0.352 e. The Bertz CT molecular complexity index is 676. The van der Waals surface area contributed by atoms with Crippen molar-refractivity contribution in [1.82, 2.24) is 5.32 Å². The quantitative estimate of drug-likeness (QED) is 0.569. The first-order chi connectivity index (χ1) is 9.62. The molecule has 0 fully saturated rings. The van der Waals surface area contributed by atoms with Crippen molar-refractivity contribution < 1.29 is 17.4 Å². The van der Waals surface area contributed by atoms with E-state index in [-0.39, 0.29) is 10.5 Å². The summed E-state index contributed by atoms with van der Waals surface area (Å²) in [5, 5.41) is 2.67. The summed E-state index contributed by atoms with van der Waals surface area (Å²) < 4.78 is 34.2. The first-order valence-electron chi connectivity index (χ1n) is 5.96. The standard InChI is InChI=1S/C12H15BrClNO4S2/c1-8-10(12(16)15-4-3-5-20(2)17)6-9(7-11(8)13)21(14,18)19/h6-7H,3-5H2,1-2H3,(H,15,16). The second-order valence-electron chi connectivity index (χ2n) is 4.40. The maximum Gasteiger partial charge on any atom is 0.261 e. The van der Waals surface area contributed by atoms with Crippen LogP contribution in [-0.4, -0.2) is 37.1 Å². The molecule has 0 saturated carbocycles. The van der Waals surface area contributed by atoms with Gasteiger partial charge in [-0.3, -0.25) is 9.00 Å². The third kappa shape index (κ3) is 5.69. The maximum absolute atomic E-state index is 12.1. The molecule has 0 aliphatic carbocycles. The summed E-state index contributed by atoms with van der Waals surface area (Å²) in [4.78, 5) is 12.0. The fourth-order valence-corrected chi connectivity index (χ4v) is 3.55. The molecule has 0 bridgehead atoms. The monoisotopic (exact) mass is 415 g/mol. The highest BCUT2D eigenvalue weighted by atomic mass is 79.9. The molecule has 118 valence electrons. The Labute approximate surface area is 139 Å². The Balaban J connectivity index is 2.93. The number of benzene rings is 1. The first-order valence-corrected chi connectivity index (χ1v) is 10.8. The van der Waals surface area contributed by atoms with E-state index < -0.39 is 25.8 Å². The second kappa shape index (κ2) is 7.71. The van der Waals surface area contributed by atoms with Crippen molar-refractivity contribution in [3.05, 3.63) is 27.7 Å². The minimum absolute atomic E-state index is 0.138. The molecule has 9 heteroatoms. The SMILES string of the molecule is Cc1c(Br)cc(S(=O)(=O)Cl)cc1C(=O)NCCCS(C)=O. The zero-order chi connectivity index (χ0) is 16.2. The van der Waals surface area contributed by atoms with Crippen LogP contribution in [0.3, 0.4) is 0 Å². The van der Waals surface area contributed by atoms with Gasteiger partial charge in [0, 0.05) is 50.1 Å². The van der Waals surface area contributed by atoms with Gasteiger partial charge in [0.15, 0.2) is 0 Å². The molecule has 0 heterocycles. The van der Waals surface area contributed by atoms with Gasteiger partial charge >= 0.3 is 0 Å². The van der Waals surface area contributed by atoms with Crippen LogP contribution in [0.4, 0.5) is 0 Å². The van der Waals surface area contributed by atoms with Crippen LogP contribution in [0.15, 0.2) is 21.5 Å². The summed E-state index contributed by atoms with van der Waals surface area (Å²) >= 11 is 3.22. The second-order valence-corrected chi connectivity index (χ2v) is 9.38. The van der Waals surface area contributed by atoms with Crippen LogP contribution in [0, 0.1) is 6.92 Å². The highest BCUT2D eigenvalue weighted by Gasteiger charge is 2.18.